The van der Waals surface area contributed by atoms with Crippen molar-refractivity contribution >= 4 is 18.4 Å². The fourth-order valence-corrected chi connectivity index (χ4v) is 0.946. The number of halogens is 1. The Balaban J connectivity index is 0. The maximum atomic E-state index is 11.0. The Kier molecular flexibility index (Phi) is 8.76. The lowest BCUT2D eigenvalue weighted by Crippen LogP contribution is -2.36. The van der Waals surface area contributed by atoms with E-state index in [9.17, 15) is 4.79 Å². The molecule has 74 valence electrons. The number of methoxy groups -OCH3 is 1. The van der Waals surface area contributed by atoms with Crippen LogP contribution in [-0.4, -0.2) is 26.2 Å². The monoisotopic (exact) mass is 195 g/mol. The average Bonchev–Trinajstić information content (AvgIpc) is 1.98. The van der Waals surface area contributed by atoms with Crippen molar-refractivity contribution < 1.29 is 9.53 Å². The molecule has 0 saturated carbocycles. The molecule has 0 heterocycles. The number of carbonyl (C=O) groups is 1. The second-order valence-electron chi connectivity index (χ2n) is 2.99. The van der Waals surface area contributed by atoms with Crippen LogP contribution < -0.4 is 5.32 Å². The number of rotatable bonds is 4. The third kappa shape index (κ3) is 5.38. The number of hydrogen-bond donors (Lipinski definition) is 1. The van der Waals surface area contributed by atoms with Crippen LogP contribution in [0.1, 0.15) is 20.3 Å². The minimum Gasteiger partial charge on any atom is -0.468 e. The van der Waals surface area contributed by atoms with Gasteiger partial charge in [0.1, 0.15) is 6.04 Å². The van der Waals surface area contributed by atoms with Crippen molar-refractivity contribution in [3.8, 4) is 0 Å². The van der Waals surface area contributed by atoms with Gasteiger partial charge in [0.2, 0.25) is 0 Å². The molecule has 12 heavy (non-hydrogen) atoms. The maximum absolute atomic E-state index is 11.0. The van der Waals surface area contributed by atoms with Gasteiger partial charge in [0, 0.05) is 0 Å². The first-order chi connectivity index (χ1) is 5.11. The summed E-state index contributed by atoms with van der Waals surface area (Å²) in [5, 5.41) is 2.91. The van der Waals surface area contributed by atoms with Crippen LogP contribution in [0.3, 0.4) is 0 Å². The molecule has 1 N–H and O–H groups in total. The van der Waals surface area contributed by atoms with Crippen LogP contribution in [0.25, 0.3) is 0 Å². The van der Waals surface area contributed by atoms with E-state index in [-0.39, 0.29) is 24.4 Å². The van der Waals surface area contributed by atoms with Crippen molar-refractivity contribution in [2.45, 2.75) is 26.3 Å². The van der Waals surface area contributed by atoms with E-state index in [0.29, 0.717) is 5.92 Å². The van der Waals surface area contributed by atoms with E-state index in [1.807, 2.05) is 0 Å². The number of nitrogens with one attached hydrogen (secondary N) is 1. The van der Waals surface area contributed by atoms with E-state index < -0.39 is 0 Å². The number of esters is 1. The van der Waals surface area contributed by atoms with Crippen molar-refractivity contribution in [1.29, 1.82) is 0 Å². The normalized spacial score (nSPS) is 12.1. The molecule has 0 radical (unpaired) electrons. The molecule has 0 rings (SSSR count). The molecule has 3 nitrogen and oxygen atoms in total. The standard InChI is InChI=1S/C8H17NO2.ClH/c1-6(2)5-7(9-3)8(10)11-4;/h6-7,9H,5H2,1-4H3;1H/t7-;/m1./s1. The molecular formula is C8H18ClNO2. The summed E-state index contributed by atoms with van der Waals surface area (Å²) in [7, 11) is 3.18. The van der Waals surface area contributed by atoms with Gasteiger partial charge in [-0.05, 0) is 19.4 Å². The Labute approximate surface area is 80.3 Å². The largest absolute Gasteiger partial charge is 0.468 e. The Morgan fingerprint density at radius 1 is 1.50 bits per heavy atom. The summed E-state index contributed by atoms with van der Waals surface area (Å²) < 4.78 is 4.60. The summed E-state index contributed by atoms with van der Waals surface area (Å²) in [5.41, 5.74) is 0. The highest BCUT2D eigenvalue weighted by Gasteiger charge is 2.17. The summed E-state index contributed by atoms with van der Waals surface area (Å²) >= 11 is 0. The first-order valence-electron chi connectivity index (χ1n) is 3.87. The van der Waals surface area contributed by atoms with Gasteiger partial charge in [0.05, 0.1) is 7.11 Å². The molecule has 0 spiro atoms. The Morgan fingerprint density at radius 3 is 2.25 bits per heavy atom. The second kappa shape index (κ2) is 7.37. The smallest absolute Gasteiger partial charge is 0.322 e. The quantitative estimate of drug-likeness (QED) is 0.686. The van der Waals surface area contributed by atoms with E-state index in [1.165, 1.54) is 7.11 Å². The summed E-state index contributed by atoms with van der Waals surface area (Å²) in [6.45, 7) is 4.15. The lowest BCUT2D eigenvalue weighted by atomic mass is 10.0. The van der Waals surface area contributed by atoms with Crippen molar-refractivity contribution in [3.63, 3.8) is 0 Å². The first-order valence-corrected chi connectivity index (χ1v) is 3.87. The van der Waals surface area contributed by atoms with Gasteiger partial charge in [-0.3, -0.25) is 4.79 Å². The fraction of sp³-hybridized carbons (Fsp3) is 0.875. The zero-order valence-electron chi connectivity index (χ0n) is 8.09. The van der Waals surface area contributed by atoms with Gasteiger partial charge in [-0.2, -0.15) is 0 Å². The van der Waals surface area contributed by atoms with Crippen molar-refractivity contribution in [1.82, 2.24) is 5.32 Å². The lowest BCUT2D eigenvalue weighted by molar-refractivity contribution is -0.143. The van der Waals surface area contributed by atoms with Crippen LogP contribution in [0.4, 0.5) is 0 Å². The summed E-state index contributed by atoms with van der Waals surface area (Å²) in [6.07, 6.45) is 0.823. The number of hydrogen-bond acceptors (Lipinski definition) is 3. The molecule has 0 aliphatic carbocycles. The van der Waals surface area contributed by atoms with Gasteiger partial charge >= 0.3 is 5.97 Å². The van der Waals surface area contributed by atoms with Crippen LogP contribution in [0, 0.1) is 5.92 Å². The zero-order valence-corrected chi connectivity index (χ0v) is 8.90. The van der Waals surface area contributed by atoms with E-state index in [4.69, 9.17) is 0 Å². The molecule has 0 fully saturated rings. The first kappa shape index (κ1) is 14.3. The molecule has 0 aromatic rings. The minimum absolute atomic E-state index is 0. The fourth-order valence-electron chi connectivity index (χ4n) is 0.946. The Morgan fingerprint density at radius 2 is 2.00 bits per heavy atom. The molecule has 0 unspecified atom stereocenters. The summed E-state index contributed by atoms with van der Waals surface area (Å²) in [5.74, 6) is 0.327. The summed E-state index contributed by atoms with van der Waals surface area (Å²) in [4.78, 5) is 11.0. The molecule has 0 saturated heterocycles. The molecule has 0 aliphatic heterocycles. The van der Waals surface area contributed by atoms with Crippen LogP contribution in [0.15, 0.2) is 0 Å². The predicted molar refractivity (Wildman–Crippen MR) is 51.6 cm³/mol. The van der Waals surface area contributed by atoms with Crippen molar-refractivity contribution in [2.24, 2.45) is 5.92 Å². The molecule has 1 atom stereocenters. The highest BCUT2D eigenvalue weighted by molar-refractivity contribution is 5.85. The SMILES string of the molecule is CN[C@H](CC(C)C)C(=O)OC.Cl. The number of likely N-dealkylation sites (N-methyl/N-ethyl adjacent to an activating group) is 1. The lowest BCUT2D eigenvalue weighted by Gasteiger charge is -2.15. The molecule has 4 heteroatoms. The van der Waals surface area contributed by atoms with E-state index in [1.54, 1.807) is 7.05 Å². The predicted octanol–water partition coefficient (Wildman–Crippen LogP) is 1.22. The van der Waals surface area contributed by atoms with Gasteiger partial charge in [-0.15, -0.1) is 12.4 Å². The van der Waals surface area contributed by atoms with Crippen molar-refractivity contribution in [3.05, 3.63) is 0 Å². The van der Waals surface area contributed by atoms with E-state index >= 15 is 0 Å². The van der Waals surface area contributed by atoms with Gasteiger partial charge in [0.25, 0.3) is 0 Å². The summed E-state index contributed by atoms with van der Waals surface area (Å²) in [6, 6.07) is -0.153. The highest BCUT2D eigenvalue weighted by Crippen LogP contribution is 2.04. The maximum Gasteiger partial charge on any atom is 0.322 e. The third-order valence-corrected chi connectivity index (χ3v) is 1.54. The van der Waals surface area contributed by atoms with E-state index in [0.717, 1.165) is 6.42 Å². The third-order valence-electron chi connectivity index (χ3n) is 1.54. The van der Waals surface area contributed by atoms with Crippen molar-refractivity contribution in [2.75, 3.05) is 14.2 Å². The Hall–Kier alpha value is -0.280. The highest BCUT2D eigenvalue weighted by atomic mass is 35.5. The van der Waals surface area contributed by atoms with Gasteiger partial charge < -0.3 is 10.1 Å². The van der Waals surface area contributed by atoms with Crippen LogP contribution >= 0.6 is 12.4 Å². The number of ether oxygens (including phenoxy) is 1. The van der Waals surface area contributed by atoms with Gasteiger partial charge in [-0.25, -0.2) is 0 Å². The average molecular weight is 196 g/mol. The molecule has 0 aromatic carbocycles. The second-order valence-corrected chi connectivity index (χ2v) is 2.99. The molecule has 0 aromatic heterocycles. The van der Waals surface area contributed by atoms with Crippen LogP contribution in [0.2, 0.25) is 0 Å². The Bertz CT molecular complexity index is 128. The van der Waals surface area contributed by atoms with Gasteiger partial charge in [-0.1, -0.05) is 13.8 Å². The van der Waals surface area contributed by atoms with Gasteiger partial charge in [0.15, 0.2) is 0 Å². The molecule has 0 aliphatic rings. The molecule has 0 amide bonds. The van der Waals surface area contributed by atoms with E-state index in [2.05, 4.69) is 23.9 Å². The topological polar surface area (TPSA) is 38.3 Å². The molecule has 0 bridgehead atoms. The zero-order chi connectivity index (χ0) is 8.85. The van der Waals surface area contributed by atoms with Crippen LogP contribution in [0.5, 0.6) is 0 Å². The number of carbonyl (C=O) groups excluding carboxylic acids is 1. The van der Waals surface area contributed by atoms with Crippen LogP contribution in [-0.2, 0) is 9.53 Å². The minimum atomic E-state index is -0.179. The molecular weight excluding hydrogens is 178 g/mol.